The Kier molecular flexibility index (Phi) is 5.27. The fourth-order valence-corrected chi connectivity index (χ4v) is 4.00. The zero-order valence-electron chi connectivity index (χ0n) is 17.4. The SMILES string of the molecule is COC(=O)C(C)(C)C(c1ccc(Nc2cccc3ccccc23)cc1)n1ccnc1. The molecular formula is C25H25N3O2. The van der Waals surface area contributed by atoms with E-state index in [0.717, 1.165) is 16.9 Å². The Morgan fingerprint density at radius 3 is 2.47 bits per heavy atom. The summed E-state index contributed by atoms with van der Waals surface area (Å²) in [6, 6.07) is 22.5. The molecule has 1 N–H and O–H groups in total. The number of esters is 1. The van der Waals surface area contributed by atoms with E-state index in [-0.39, 0.29) is 12.0 Å². The lowest BCUT2D eigenvalue weighted by Gasteiger charge is -2.33. The second-order valence-electron chi connectivity index (χ2n) is 7.90. The van der Waals surface area contributed by atoms with Gasteiger partial charge in [-0.1, -0.05) is 48.5 Å². The van der Waals surface area contributed by atoms with Gasteiger partial charge in [0.05, 0.1) is 24.9 Å². The third-order valence-electron chi connectivity index (χ3n) is 5.51. The van der Waals surface area contributed by atoms with Gasteiger partial charge in [-0.15, -0.1) is 0 Å². The summed E-state index contributed by atoms with van der Waals surface area (Å²) in [4.78, 5) is 16.7. The number of ether oxygens (including phenoxy) is 1. The highest BCUT2D eigenvalue weighted by Crippen LogP contribution is 2.38. The highest BCUT2D eigenvalue weighted by molar-refractivity contribution is 5.95. The lowest BCUT2D eigenvalue weighted by molar-refractivity contribution is -0.152. The van der Waals surface area contributed by atoms with Crippen LogP contribution in [0.5, 0.6) is 0 Å². The molecule has 1 unspecified atom stereocenters. The zero-order chi connectivity index (χ0) is 21.1. The number of fused-ring (bicyclic) bond motifs is 1. The molecule has 30 heavy (non-hydrogen) atoms. The fourth-order valence-electron chi connectivity index (χ4n) is 4.00. The smallest absolute Gasteiger partial charge is 0.313 e. The molecule has 0 fully saturated rings. The predicted molar refractivity (Wildman–Crippen MR) is 120 cm³/mol. The van der Waals surface area contributed by atoms with Gasteiger partial charge in [-0.05, 0) is 43.0 Å². The number of aromatic nitrogens is 2. The van der Waals surface area contributed by atoms with Gasteiger partial charge < -0.3 is 14.6 Å². The van der Waals surface area contributed by atoms with E-state index in [4.69, 9.17) is 4.74 Å². The quantitative estimate of drug-likeness (QED) is 0.431. The van der Waals surface area contributed by atoms with Gasteiger partial charge >= 0.3 is 5.97 Å². The summed E-state index contributed by atoms with van der Waals surface area (Å²) in [6.45, 7) is 3.79. The monoisotopic (exact) mass is 399 g/mol. The van der Waals surface area contributed by atoms with E-state index in [1.165, 1.54) is 17.9 Å². The maximum absolute atomic E-state index is 12.5. The van der Waals surface area contributed by atoms with Crippen molar-refractivity contribution in [1.29, 1.82) is 0 Å². The van der Waals surface area contributed by atoms with Crippen LogP contribution in [0.4, 0.5) is 11.4 Å². The van der Waals surface area contributed by atoms with Crippen molar-refractivity contribution in [3.8, 4) is 0 Å². The van der Waals surface area contributed by atoms with Gasteiger partial charge in [0.1, 0.15) is 0 Å². The minimum Gasteiger partial charge on any atom is -0.469 e. The summed E-state index contributed by atoms with van der Waals surface area (Å²) in [6.07, 6.45) is 5.33. The van der Waals surface area contributed by atoms with Gasteiger partial charge in [0.15, 0.2) is 0 Å². The van der Waals surface area contributed by atoms with E-state index in [0.29, 0.717) is 0 Å². The van der Waals surface area contributed by atoms with Crippen molar-refractivity contribution in [1.82, 2.24) is 9.55 Å². The van der Waals surface area contributed by atoms with Crippen LogP contribution in [0.2, 0.25) is 0 Å². The molecule has 0 saturated heterocycles. The van der Waals surface area contributed by atoms with Crippen molar-refractivity contribution in [2.45, 2.75) is 19.9 Å². The van der Waals surface area contributed by atoms with Gasteiger partial charge in [0.25, 0.3) is 0 Å². The molecule has 5 nitrogen and oxygen atoms in total. The molecule has 1 heterocycles. The van der Waals surface area contributed by atoms with Crippen molar-refractivity contribution < 1.29 is 9.53 Å². The molecule has 1 aromatic heterocycles. The summed E-state index contributed by atoms with van der Waals surface area (Å²) in [7, 11) is 1.42. The standard InChI is InChI=1S/C25H25N3O2/c1-25(2,24(29)30-3)23(28-16-15-26-17-28)19-11-13-20(14-12-19)27-22-10-6-8-18-7-4-5-9-21(18)22/h4-17,23,27H,1-3H3. The molecule has 0 radical (unpaired) electrons. The number of imidazole rings is 1. The lowest BCUT2D eigenvalue weighted by atomic mass is 9.80. The van der Waals surface area contributed by atoms with E-state index in [2.05, 4.69) is 34.6 Å². The van der Waals surface area contributed by atoms with Crippen molar-refractivity contribution in [2.24, 2.45) is 5.41 Å². The van der Waals surface area contributed by atoms with Gasteiger partial charge in [0.2, 0.25) is 0 Å². The first kappa shape index (κ1) is 19.7. The molecule has 5 heteroatoms. The molecule has 0 bridgehead atoms. The second kappa shape index (κ2) is 8.03. The number of nitrogens with zero attached hydrogens (tertiary/aromatic N) is 2. The number of anilines is 2. The van der Waals surface area contributed by atoms with Crippen LogP contribution in [0.15, 0.2) is 85.5 Å². The molecular weight excluding hydrogens is 374 g/mol. The first-order chi connectivity index (χ1) is 14.5. The Morgan fingerprint density at radius 1 is 1.03 bits per heavy atom. The van der Waals surface area contributed by atoms with E-state index in [1.807, 2.05) is 67.1 Å². The molecule has 0 aliphatic carbocycles. The molecule has 4 aromatic rings. The number of hydrogen-bond acceptors (Lipinski definition) is 4. The van der Waals surface area contributed by atoms with Gasteiger partial charge in [-0.25, -0.2) is 4.98 Å². The van der Waals surface area contributed by atoms with Gasteiger partial charge in [-0.2, -0.15) is 0 Å². The topological polar surface area (TPSA) is 56.1 Å². The molecule has 3 aromatic carbocycles. The third kappa shape index (κ3) is 3.66. The van der Waals surface area contributed by atoms with E-state index < -0.39 is 5.41 Å². The average Bonchev–Trinajstić information content (AvgIpc) is 3.28. The van der Waals surface area contributed by atoms with Crippen molar-refractivity contribution in [3.63, 3.8) is 0 Å². The molecule has 0 saturated carbocycles. The minimum absolute atomic E-state index is 0.237. The molecule has 152 valence electrons. The van der Waals surface area contributed by atoms with Crippen LogP contribution < -0.4 is 5.32 Å². The number of methoxy groups -OCH3 is 1. The maximum atomic E-state index is 12.5. The summed E-state index contributed by atoms with van der Waals surface area (Å²) >= 11 is 0. The van der Waals surface area contributed by atoms with E-state index in [9.17, 15) is 4.79 Å². The Morgan fingerprint density at radius 2 is 1.77 bits per heavy atom. The Bertz CT molecular complexity index is 1140. The molecule has 1 atom stereocenters. The Balaban J connectivity index is 1.66. The van der Waals surface area contributed by atoms with Gasteiger partial charge in [0, 0.05) is 29.2 Å². The van der Waals surface area contributed by atoms with E-state index >= 15 is 0 Å². The Labute approximate surface area is 176 Å². The fraction of sp³-hybridized carbons (Fsp3) is 0.200. The number of carbonyl (C=O) groups excluding carboxylic acids is 1. The van der Waals surface area contributed by atoms with Crippen LogP contribution in [0.25, 0.3) is 10.8 Å². The van der Waals surface area contributed by atoms with E-state index in [1.54, 1.807) is 12.5 Å². The number of nitrogens with one attached hydrogen (secondary N) is 1. The highest BCUT2D eigenvalue weighted by Gasteiger charge is 2.40. The minimum atomic E-state index is -0.764. The molecule has 0 spiro atoms. The normalized spacial score (nSPS) is 12.5. The largest absolute Gasteiger partial charge is 0.469 e. The zero-order valence-corrected chi connectivity index (χ0v) is 17.4. The molecule has 4 rings (SSSR count). The van der Waals surface area contributed by atoms with Crippen molar-refractivity contribution >= 4 is 28.1 Å². The molecule has 0 aliphatic rings. The van der Waals surface area contributed by atoms with Crippen LogP contribution in [0, 0.1) is 5.41 Å². The first-order valence-corrected chi connectivity index (χ1v) is 9.91. The summed E-state index contributed by atoms with van der Waals surface area (Å²) in [5.74, 6) is -0.265. The number of rotatable bonds is 6. The average molecular weight is 399 g/mol. The van der Waals surface area contributed by atoms with Crippen molar-refractivity contribution in [3.05, 3.63) is 91.0 Å². The van der Waals surface area contributed by atoms with Crippen LogP contribution in [0.3, 0.4) is 0 Å². The number of hydrogen-bond donors (Lipinski definition) is 1. The van der Waals surface area contributed by atoms with Crippen molar-refractivity contribution in [2.75, 3.05) is 12.4 Å². The number of benzene rings is 3. The summed E-state index contributed by atoms with van der Waals surface area (Å²) < 4.78 is 7.02. The molecule has 0 amide bonds. The van der Waals surface area contributed by atoms with Crippen LogP contribution in [0.1, 0.15) is 25.5 Å². The maximum Gasteiger partial charge on any atom is 0.313 e. The predicted octanol–water partition coefficient (Wildman–Crippen LogP) is 5.57. The third-order valence-corrected chi connectivity index (χ3v) is 5.51. The van der Waals surface area contributed by atoms with Crippen LogP contribution in [-0.4, -0.2) is 22.6 Å². The van der Waals surface area contributed by atoms with Gasteiger partial charge in [-0.3, -0.25) is 4.79 Å². The lowest BCUT2D eigenvalue weighted by Crippen LogP contribution is -2.36. The summed E-state index contributed by atoms with van der Waals surface area (Å²) in [5, 5.41) is 5.88. The first-order valence-electron chi connectivity index (χ1n) is 9.91. The van der Waals surface area contributed by atoms with Crippen LogP contribution >= 0.6 is 0 Å². The highest BCUT2D eigenvalue weighted by atomic mass is 16.5. The second-order valence-corrected chi connectivity index (χ2v) is 7.90. The van der Waals surface area contributed by atoms with Crippen LogP contribution in [-0.2, 0) is 9.53 Å². The number of carbonyl (C=O) groups is 1. The summed E-state index contributed by atoms with van der Waals surface area (Å²) in [5.41, 5.74) is 2.28. The Hall–Kier alpha value is -3.60. The molecule has 0 aliphatic heterocycles.